The van der Waals surface area contributed by atoms with Gasteiger partial charge in [0.25, 0.3) is 10.0 Å². The topological polar surface area (TPSA) is 98.5 Å². The molecule has 0 bridgehead atoms. The third kappa shape index (κ3) is 4.06. The molecule has 0 saturated heterocycles. The lowest BCUT2D eigenvalue weighted by molar-refractivity contribution is -0.123. The van der Waals surface area contributed by atoms with E-state index < -0.39 is 39.1 Å². The molecule has 1 amide bonds. The summed E-state index contributed by atoms with van der Waals surface area (Å²) in [5.41, 5.74) is 4.69. The van der Waals surface area contributed by atoms with Crippen molar-refractivity contribution in [2.45, 2.75) is 4.90 Å². The summed E-state index contributed by atoms with van der Waals surface area (Å²) in [6.45, 7) is -0.697. The molecule has 3 N–H and O–H groups in total. The number of halogens is 2. The predicted octanol–water partition coefficient (Wildman–Crippen LogP) is -0.340. The molecule has 1 aromatic carbocycles. The Morgan fingerprint density at radius 2 is 1.82 bits per heavy atom. The minimum Gasteiger partial charge on any atom is -0.368 e. The summed E-state index contributed by atoms with van der Waals surface area (Å²) in [5.74, 6) is -3.02. The Kier molecular flexibility index (Phi) is 4.10. The largest absolute Gasteiger partial charge is 0.368 e. The van der Waals surface area contributed by atoms with E-state index in [2.05, 4.69) is 10.6 Å². The smallest absolute Gasteiger partial charge is 0.262 e. The van der Waals surface area contributed by atoms with Gasteiger partial charge >= 0.3 is 0 Å². The van der Waals surface area contributed by atoms with E-state index in [4.69, 9.17) is 0 Å². The van der Waals surface area contributed by atoms with Gasteiger partial charge in [-0.05, 0) is 12.1 Å². The second-order valence-electron chi connectivity index (χ2n) is 2.95. The number of nitrogens with two attached hydrogens (primary N) is 1. The Labute approximate surface area is 95.4 Å². The van der Waals surface area contributed by atoms with Gasteiger partial charge in [-0.2, -0.15) is 0 Å². The van der Waals surface area contributed by atoms with Crippen molar-refractivity contribution in [1.82, 2.24) is 4.89 Å². The molecule has 0 unspecified atom stereocenters. The normalized spacial score (nSPS) is 11.4. The SMILES string of the molecule is NC(=O)CONS(=O)(=O)c1cc(F)cc(F)c1. The summed E-state index contributed by atoms with van der Waals surface area (Å²) in [4.78, 5) is 15.3. The van der Waals surface area contributed by atoms with E-state index in [-0.39, 0.29) is 0 Å². The molecule has 0 spiro atoms. The van der Waals surface area contributed by atoms with E-state index in [1.807, 2.05) is 0 Å². The zero-order chi connectivity index (χ0) is 13.1. The maximum atomic E-state index is 12.8. The van der Waals surface area contributed by atoms with Crippen molar-refractivity contribution < 1.29 is 26.8 Å². The number of carbonyl (C=O) groups excluding carboxylic acids is 1. The van der Waals surface area contributed by atoms with Crippen molar-refractivity contribution in [1.29, 1.82) is 0 Å². The minimum absolute atomic E-state index is 0.517. The fourth-order valence-electron chi connectivity index (χ4n) is 0.910. The van der Waals surface area contributed by atoms with Gasteiger partial charge in [-0.1, -0.05) is 4.89 Å². The molecule has 0 aliphatic heterocycles. The maximum Gasteiger partial charge on any atom is 0.262 e. The van der Waals surface area contributed by atoms with Gasteiger partial charge in [0.1, 0.15) is 18.2 Å². The van der Waals surface area contributed by atoms with Gasteiger partial charge in [-0.25, -0.2) is 17.2 Å². The van der Waals surface area contributed by atoms with Crippen LogP contribution in [-0.2, 0) is 19.7 Å². The predicted molar refractivity (Wildman–Crippen MR) is 51.8 cm³/mol. The number of hydrogen-bond acceptors (Lipinski definition) is 4. The van der Waals surface area contributed by atoms with Gasteiger partial charge in [0.2, 0.25) is 5.91 Å². The number of hydrogen-bond donors (Lipinski definition) is 2. The third-order valence-corrected chi connectivity index (χ3v) is 2.72. The van der Waals surface area contributed by atoms with Crippen molar-refractivity contribution in [3.8, 4) is 0 Å². The Morgan fingerprint density at radius 3 is 2.29 bits per heavy atom. The molecule has 0 aliphatic carbocycles. The summed E-state index contributed by atoms with van der Waals surface area (Å²) in [7, 11) is -4.26. The quantitative estimate of drug-likeness (QED) is 0.712. The highest BCUT2D eigenvalue weighted by atomic mass is 32.2. The molecule has 0 fully saturated rings. The van der Waals surface area contributed by atoms with Crippen LogP contribution < -0.4 is 10.6 Å². The molecule has 0 saturated carbocycles. The molecule has 1 rings (SSSR count). The number of rotatable bonds is 5. The van der Waals surface area contributed by atoms with E-state index in [1.54, 1.807) is 0 Å². The zero-order valence-corrected chi connectivity index (χ0v) is 9.13. The molecule has 9 heteroatoms. The minimum atomic E-state index is -4.26. The number of sulfonamides is 1. The van der Waals surface area contributed by atoms with Crippen LogP contribution in [-0.4, -0.2) is 20.9 Å². The lowest BCUT2D eigenvalue weighted by Gasteiger charge is -2.06. The number of primary amides is 1. The first-order valence-corrected chi connectivity index (χ1v) is 5.67. The van der Waals surface area contributed by atoms with Crippen molar-refractivity contribution in [3.63, 3.8) is 0 Å². The zero-order valence-electron chi connectivity index (χ0n) is 8.31. The molecule has 0 aromatic heterocycles. The standard InChI is InChI=1S/C8H8F2N2O4S/c9-5-1-6(10)3-7(2-5)17(14,15)12-16-4-8(11)13/h1-3,12H,4H2,(H2,11,13). The molecular weight excluding hydrogens is 258 g/mol. The molecule has 0 radical (unpaired) electrons. The summed E-state index contributed by atoms with van der Waals surface area (Å²) in [5, 5.41) is 0. The molecule has 6 nitrogen and oxygen atoms in total. The van der Waals surface area contributed by atoms with Crippen LogP contribution in [0.15, 0.2) is 23.1 Å². The van der Waals surface area contributed by atoms with E-state index in [0.29, 0.717) is 18.2 Å². The molecule has 0 heterocycles. The number of amides is 1. The van der Waals surface area contributed by atoms with E-state index >= 15 is 0 Å². The molecule has 17 heavy (non-hydrogen) atoms. The fourth-order valence-corrected chi connectivity index (χ4v) is 1.76. The van der Waals surface area contributed by atoms with Crippen LogP contribution in [0, 0.1) is 11.6 Å². The fraction of sp³-hybridized carbons (Fsp3) is 0.125. The van der Waals surface area contributed by atoms with E-state index in [9.17, 15) is 22.0 Å². The van der Waals surface area contributed by atoms with Gasteiger partial charge in [-0.15, -0.1) is 0 Å². The van der Waals surface area contributed by atoms with Crippen LogP contribution in [0.5, 0.6) is 0 Å². The monoisotopic (exact) mass is 266 g/mol. The maximum absolute atomic E-state index is 12.8. The molecular formula is C8H8F2N2O4S. The summed E-state index contributed by atoms with van der Waals surface area (Å²) in [6, 6.07) is 1.71. The van der Waals surface area contributed by atoms with Crippen LogP contribution in [0.4, 0.5) is 8.78 Å². The molecule has 94 valence electrons. The second-order valence-corrected chi connectivity index (χ2v) is 4.59. The molecule has 0 aliphatic rings. The number of benzene rings is 1. The first kappa shape index (κ1) is 13.5. The van der Waals surface area contributed by atoms with Crippen molar-refractivity contribution >= 4 is 15.9 Å². The van der Waals surface area contributed by atoms with Crippen LogP contribution >= 0.6 is 0 Å². The van der Waals surface area contributed by atoms with Crippen LogP contribution in [0.1, 0.15) is 0 Å². The molecule has 0 atom stereocenters. The number of carbonyl (C=O) groups is 1. The number of nitrogens with one attached hydrogen (secondary N) is 1. The van der Waals surface area contributed by atoms with Crippen LogP contribution in [0.2, 0.25) is 0 Å². The van der Waals surface area contributed by atoms with Crippen molar-refractivity contribution in [3.05, 3.63) is 29.8 Å². The summed E-state index contributed by atoms with van der Waals surface area (Å²) >= 11 is 0. The van der Waals surface area contributed by atoms with Crippen molar-refractivity contribution in [2.24, 2.45) is 5.73 Å². The first-order valence-electron chi connectivity index (χ1n) is 4.19. The Hall–Kier alpha value is -1.58. The average Bonchev–Trinajstić information content (AvgIpc) is 2.14. The highest BCUT2D eigenvalue weighted by molar-refractivity contribution is 7.89. The lowest BCUT2D eigenvalue weighted by Crippen LogP contribution is -2.29. The van der Waals surface area contributed by atoms with E-state index in [1.165, 1.54) is 4.89 Å². The Morgan fingerprint density at radius 1 is 1.29 bits per heavy atom. The first-order chi connectivity index (χ1) is 7.81. The lowest BCUT2D eigenvalue weighted by atomic mass is 10.3. The highest BCUT2D eigenvalue weighted by Gasteiger charge is 2.16. The van der Waals surface area contributed by atoms with Crippen LogP contribution in [0.25, 0.3) is 0 Å². The van der Waals surface area contributed by atoms with Crippen molar-refractivity contribution in [2.75, 3.05) is 6.61 Å². The average molecular weight is 266 g/mol. The summed E-state index contributed by atoms with van der Waals surface area (Å²) in [6.07, 6.45) is 0. The molecule has 1 aromatic rings. The highest BCUT2D eigenvalue weighted by Crippen LogP contribution is 2.13. The Bertz CT molecular complexity index is 512. The van der Waals surface area contributed by atoms with Gasteiger partial charge in [0, 0.05) is 6.07 Å². The van der Waals surface area contributed by atoms with Gasteiger partial charge in [0.05, 0.1) is 4.90 Å². The second kappa shape index (κ2) is 5.17. The van der Waals surface area contributed by atoms with E-state index in [0.717, 1.165) is 0 Å². The van der Waals surface area contributed by atoms with Gasteiger partial charge in [-0.3, -0.25) is 9.63 Å². The van der Waals surface area contributed by atoms with Crippen LogP contribution in [0.3, 0.4) is 0 Å². The summed E-state index contributed by atoms with van der Waals surface area (Å²) < 4.78 is 48.3. The van der Waals surface area contributed by atoms with Gasteiger partial charge in [0.15, 0.2) is 0 Å². The Balaban J connectivity index is 2.86. The van der Waals surface area contributed by atoms with Gasteiger partial charge < -0.3 is 5.73 Å². The third-order valence-electron chi connectivity index (χ3n) is 1.53.